The minimum absolute atomic E-state index is 0.713. The topological polar surface area (TPSA) is 41.6 Å². The van der Waals surface area contributed by atoms with Gasteiger partial charge in [-0.25, -0.2) is 0 Å². The van der Waals surface area contributed by atoms with E-state index in [9.17, 15) is 0 Å². The SMILES string of the molecule is NC(=NCCc1csc2ccccc12)N1CCSCC1. The smallest absolute Gasteiger partial charge is 0.191 e. The maximum Gasteiger partial charge on any atom is 0.191 e. The van der Waals surface area contributed by atoms with Crippen LogP contribution in [0.1, 0.15) is 5.56 Å². The van der Waals surface area contributed by atoms with Crippen LogP contribution < -0.4 is 5.73 Å². The zero-order chi connectivity index (χ0) is 13.8. The predicted octanol–water partition coefficient (Wildman–Crippen LogP) is 2.81. The quantitative estimate of drug-likeness (QED) is 0.700. The number of aliphatic imine (C=N–C) groups is 1. The van der Waals surface area contributed by atoms with Crippen molar-refractivity contribution in [2.75, 3.05) is 31.1 Å². The number of guanidine groups is 1. The van der Waals surface area contributed by atoms with Crippen LogP contribution in [-0.2, 0) is 6.42 Å². The van der Waals surface area contributed by atoms with Crippen LogP contribution in [0.2, 0.25) is 0 Å². The molecule has 1 aliphatic heterocycles. The van der Waals surface area contributed by atoms with Gasteiger partial charge in [0.1, 0.15) is 0 Å². The van der Waals surface area contributed by atoms with Gasteiger partial charge in [0, 0.05) is 35.8 Å². The van der Waals surface area contributed by atoms with Crippen molar-refractivity contribution in [2.45, 2.75) is 6.42 Å². The number of hydrogen-bond acceptors (Lipinski definition) is 3. The molecule has 1 aromatic heterocycles. The molecule has 0 saturated carbocycles. The minimum Gasteiger partial charge on any atom is -0.370 e. The molecule has 0 amide bonds. The highest BCUT2D eigenvalue weighted by atomic mass is 32.2. The van der Waals surface area contributed by atoms with Gasteiger partial charge in [0.2, 0.25) is 0 Å². The summed E-state index contributed by atoms with van der Waals surface area (Å²) >= 11 is 3.80. The van der Waals surface area contributed by atoms with Gasteiger partial charge < -0.3 is 10.6 Å². The molecule has 20 heavy (non-hydrogen) atoms. The molecule has 0 atom stereocenters. The van der Waals surface area contributed by atoms with Crippen LogP contribution in [0.3, 0.4) is 0 Å². The van der Waals surface area contributed by atoms with Crippen LogP contribution in [0.15, 0.2) is 34.6 Å². The summed E-state index contributed by atoms with van der Waals surface area (Å²) in [5, 5.41) is 3.61. The van der Waals surface area contributed by atoms with Gasteiger partial charge in [-0.05, 0) is 28.8 Å². The van der Waals surface area contributed by atoms with Crippen molar-refractivity contribution in [3.63, 3.8) is 0 Å². The van der Waals surface area contributed by atoms with E-state index in [1.165, 1.54) is 15.6 Å². The fourth-order valence-electron chi connectivity index (χ4n) is 2.41. The van der Waals surface area contributed by atoms with Gasteiger partial charge in [0.15, 0.2) is 5.96 Å². The maximum atomic E-state index is 6.07. The lowest BCUT2D eigenvalue weighted by molar-refractivity contribution is 0.456. The highest BCUT2D eigenvalue weighted by Crippen LogP contribution is 2.25. The molecule has 3 nitrogen and oxygen atoms in total. The van der Waals surface area contributed by atoms with Gasteiger partial charge >= 0.3 is 0 Å². The molecular formula is C15H19N3S2. The molecule has 0 unspecified atom stereocenters. The number of nitrogens with zero attached hydrogens (tertiary/aromatic N) is 2. The Morgan fingerprint density at radius 1 is 1.25 bits per heavy atom. The van der Waals surface area contributed by atoms with E-state index in [0.29, 0.717) is 5.96 Å². The van der Waals surface area contributed by atoms with Crippen molar-refractivity contribution in [3.05, 3.63) is 35.2 Å². The summed E-state index contributed by atoms with van der Waals surface area (Å²) in [6, 6.07) is 8.55. The summed E-state index contributed by atoms with van der Waals surface area (Å²) < 4.78 is 1.35. The van der Waals surface area contributed by atoms with Crippen molar-refractivity contribution in [3.8, 4) is 0 Å². The van der Waals surface area contributed by atoms with Gasteiger partial charge in [-0.15, -0.1) is 11.3 Å². The molecule has 1 aromatic carbocycles. The first-order valence-electron chi connectivity index (χ1n) is 6.92. The first-order valence-corrected chi connectivity index (χ1v) is 8.96. The van der Waals surface area contributed by atoms with Crippen LogP contribution in [0.4, 0.5) is 0 Å². The van der Waals surface area contributed by atoms with E-state index in [0.717, 1.165) is 37.6 Å². The van der Waals surface area contributed by atoms with Gasteiger partial charge in [-0.1, -0.05) is 18.2 Å². The Morgan fingerprint density at radius 2 is 2.05 bits per heavy atom. The van der Waals surface area contributed by atoms with Gasteiger partial charge in [0.25, 0.3) is 0 Å². The van der Waals surface area contributed by atoms with E-state index in [4.69, 9.17) is 5.73 Å². The molecule has 2 heterocycles. The second-order valence-corrected chi connectivity index (χ2v) is 6.98. The predicted molar refractivity (Wildman–Crippen MR) is 90.9 cm³/mol. The summed E-state index contributed by atoms with van der Waals surface area (Å²) in [6.07, 6.45) is 0.966. The fraction of sp³-hybridized carbons (Fsp3) is 0.400. The standard InChI is InChI=1S/C15H19N3S2/c16-15(18-7-9-19-10-8-18)17-6-5-12-11-20-14-4-2-1-3-13(12)14/h1-4,11H,5-10H2,(H2,16,17). The number of thioether (sulfide) groups is 1. The third kappa shape index (κ3) is 3.10. The molecule has 1 fully saturated rings. The Kier molecular flexibility index (Phi) is 4.47. The average molecular weight is 305 g/mol. The number of fused-ring (bicyclic) bond motifs is 1. The third-order valence-corrected chi connectivity index (χ3v) is 5.51. The molecule has 106 valence electrons. The van der Waals surface area contributed by atoms with Crippen molar-refractivity contribution in [1.29, 1.82) is 0 Å². The number of rotatable bonds is 3. The molecule has 1 saturated heterocycles. The van der Waals surface area contributed by atoms with Crippen LogP contribution in [-0.4, -0.2) is 42.0 Å². The van der Waals surface area contributed by atoms with E-state index in [1.807, 2.05) is 23.1 Å². The number of thiophene rings is 1. The van der Waals surface area contributed by atoms with Crippen LogP contribution in [0, 0.1) is 0 Å². The zero-order valence-corrected chi connectivity index (χ0v) is 13.1. The zero-order valence-electron chi connectivity index (χ0n) is 11.4. The summed E-state index contributed by atoms with van der Waals surface area (Å²) in [6.45, 7) is 2.83. The van der Waals surface area contributed by atoms with Crippen LogP contribution >= 0.6 is 23.1 Å². The summed E-state index contributed by atoms with van der Waals surface area (Å²) in [5.41, 5.74) is 7.46. The molecule has 2 aromatic rings. The Bertz CT molecular complexity index is 600. The Hall–Kier alpha value is -1.20. The lowest BCUT2D eigenvalue weighted by atomic mass is 10.1. The fourth-order valence-corrected chi connectivity index (χ4v) is 4.31. The van der Waals surface area contributed by atoms with E-state index in [1.54, 1.807) is 0 Å². The molecule has 5 heteroatoms. The highest BCUT2D eigenvalue weighted by molar-refractivity contribution is 7.99. The maximum absolute atomic E-state index is 6.07. The van der Waals surface area contributed by atoms with Gasteiger partial charge in [0.05, 0.1) is 0 Å². The molecule has 0 spiro atoms. The molecular weight excluding hydrogens is 286 g/mol. The monoisotopic (exact) mass is 305 g/mol. The third-order valence-electron chi connectivity index (χ3n) is 3.55. The molecule has 2 N–H and O–H groups in total. The number of nitrogens with two attached hydrogens (primary N) is 1. The molecule has 0 radical (unpaired) electrons. The molecule has 0 aliphatic carbocycles. The Morgan fingerprint density at radius 3 is 2.90 bits per heavy atom. The lowest BCUT2D eigenvalue weighted by Gasteiger charge is -2.27. The van der Waals surface area contributed by atoms with Crippen molar-refractivity contribution in [1.82, 2.24) is 4.90 Å². The summed E-state index contributed by atoms with van der Waals surface area (Å²) in [7, 11) is 0. The average Bonchev–Trinajstić information content (AvgIpc) is 2.92. The largest absolute Gasteiger partial charge is 0.370 e. The van der Waals surface area contributed by atoms with Gasteiger partial charge in [-0.3, -0.25) is 4.99 Å². The molecule has 1 aliphatic rings. The number of benzene rings is 1. The van der Waals surface area contributed by atoms with Crippen LogP contribution in [0.25, 0.3) is 10.1 Å². The lowest BCUT2D eigenvalue weighted by Crippen LogP contribution is -2.42. The van der Waals surface area contributed by atoms with E-state index in [-0.39, 0.29) is 0 Å². The Labute approximate surface area is 127 Å². The minimum atomic E-state index is 0.713. The van der Waals surface area contributed by atoms with Gasteiger partial charge in [-0.2, -0.15) is 11.8 Å². The molecule has 3 rings (SSSR count). The van der Waals surface area contributed by atoms with E-state index >= 15 is 0 Å². The summed E-state index contributed by atoms with van der Waals surface area (Å²) in [5.74, 6) is 3.03. The van der Waals surface area contributed by atoms with Crippen molar-refractivity contribution >= 4 is 39.1 Å². The Balaban J connectivity index is 1.61. The normalized spacial score (nSPS) is 16.8. The first kappa shape index (κ1) is 13.8. The van der Waals surface area contributed by atoms with Crippen LogP contribution in [0.5, 0.6) is 0 Å². The summed E-state index contributed by atoms with van der Waals surface area (Å²) in [4.78, 5) is 6.74. The van der Waals surface area contributed by atoms with Crippen molar-refractivity contribution < 1.29 is 0 Å². The second-order valence-electron chi connectivity index (χ2n) is 4.85. The van der Waals surface area contributed by atoms with Crippen molar-refractivity contribution in [2.24, 2.45) is 10.7 Å². The number of hydrogen-bond donors (Lipinski definition) is 1. The first-order chi connectivity index (χ1) is 9.84. The molecule has 0 bridgehead atoms. The second kappa shape index (κ2) is 6.50. The highest BCUT2D eigenvalue weighted by Gasteiger charge is 2.11. The van der Waals surface area contributed by atoms with E-state index < -0.39 is 0 Å². The van der Waals surface area contributed by atoms with E-state index in [2.05, 4.69) is 39.5 Å².